The molecule has 0 aromatic heterocycles. The van der Waals surface area contributed by atoms with Gasteiger partial charge < -0.3 is 5.32 Å². The summed E-state index contributed by atoms with van der Waals surface area (Å²) in [5, 5.41) is 2.31. The molecule has 1 aliphatic rings. The number of thioether (sulfide) groups is 1. The predicted molar refractivity (Wildman–Crippen MR) is 115 cm³/mol. The van der Waals surface area contributed by atoms with Crippen molar-refractivity contribution in [3.8, 4) is 0 Å². The van der Waals surface area contributed by atoms with Crippen LogP contribution in [0.5, 0.6) is 0 Å². The molecular weight excluding hydrogens is 444 g/mol. The molecule has 0 unspecified atom stereocenters. The highest BCUT2D eigenvalue weighted by Crippen LogP contribution is 2.42. The van der Waals surface area contributed by atoms with Crippen LogP contribution >= 0.6 is 11.8 Å². The molecule has 1 aliphatic heterocycles. The number of rotatable bonds is 4. The van der Waals surface area contributed by atoms with Gasteiger partial charge in [0.1, 0.15) is 11.2 Å². The summed E-state index contributed by atoms with van der Waals surface area (Å²) in [7, 11) is 0. The number of carbonyl (C=O) groups excluding carboxylic acids is 2. The van der Waals surface area contributed by atoms with E-state index in [1.165, 1.54) is 53.1 Å². The normalized spacial score (nSPS) is 16.3. The molecule has 2 amide bonds. The topological polar surface area (TPSA) is 49.4 Å². The molecule has 1 N–H and O–H groups in total. The number of benzene rings is 3. The van der Waals surface area contributed by atoms with Crippen molar-refractivity contribution < 1.29 is 27.2 Å². The van der Waals surface area contributed by atoms with Gasteiger partial charge in [-0.1, -0.05) is 12.1 Å². The fraction of sp³-hybridized carbons (Fsp3) is 0.130. The van der Waals surface area contributed by atoms with E-state index in [9.17, 15) is 27.2 Å². The van der Waals surface area contributed by atoms with Crippen LogP contribution in [0.2, 0.25) is 0 Å². The second kappa shape index (κ2) is 8.66. The van der Waals surface area contributed by atoms with E-state index in [0.717, 1.165) is 17.7 Å². The molecule has 0 bridgehead atoms. The van der Waals surface area contributed by atoms with Crippen molar-refractivity contribution in [2.24, 2.45) is 0 Å². The highest BCUT2D eigenvalue weighted by Gasteiger charge is 2.35. The Bertz CT molecular complexity index is 1130. The minimum Gasteiger partial charge on any atom is -0.322 e. The van der Waals surface area contributed by atoms with Gasteiger partial charge in [-0.2, -0.15) is 13.2 Å². The average Bonchev–Trinajstić information content (AvgIpc) is 3.15. The van der Waals surface area contributed by atoms with Gasteiger partial charge in [0.2, 0.25) is 5.91 Å². The third-order valence-electron chi connectivity index (χ3n) is 4.90. The monoisotopic (exact) mass is 460 g/mol. The summed E-state index contributed by atoms with van der Waals surface area (Å²) < 4.78 is 51.5. The van der Waals surface area contributed by atoms with E-state index in [2.05, 4.69) is 5.32 Å². The highest BCUT2D eigenvalue weighted by molar-refractivity contribution is 8.00. The van der Waals surface area contributed by atoms with Crippen LogP contribution in [-0.2, 0) is 11.0 Å². The molecule has 0 aliphatic carbocycles. The van der Waals surface area contributed by atoms with Gasteiger partial charge in [0.15, 0.2) is 0 Å². The summed E-state index contributed by atoms with van der Waals surface area (Å²) in [4.78, 5) is 26.2. The third-order valence-corrected chi connectivity index (χ3v) is 6.11. The molecule has 0 saturated carbocycles. The number of anilines is 2. The maximum atomic E-state index is 13.0. The summed E-state index contributed by atoms with van der Waals surface area (Å²) in [5.74, 6) is -0.829. The van der Waals surface area contributed by atoms with Crippen LogP contribution < -0.4 is 10.2 Å². The second-order valence-corrected chi connectivity index (χ2v) is 8.12. The molecule has 1 atom stereocenters. The molecule has 1 fully saturated rings. The van der Waals surface area contributed by atoms with Crippen molar-refractivity contribution in [2.45, 2.75) is 11.6 Å². The first-order chi connectivity index (χ1) is 15.2. The Balaban J connectivity index is 1.50. The first-order valence-corrected chi connectivity index (χ1v) is 10.5. The van der Waals surface area contributed by atoms with Crippen molar-refractivity contribution in [3.05, 3.63) is 95.3 Å². The Morgan fingerprint density at radius 2 is 1.56 bits per heavy atom. The number of hydrogen-bond acceptors (Lipinski definition) is 3. The molecule has 164 valence electrons. The number of amides is 2. The van der Waals surface area contributed by atoms with Crippen LogP contribution in [0, 0.1) is 5.82 Å². The van der Waals surface area contributed by atoms with Crippen LogP contribution in [-0.4, -0.2) is 17.6 Å². The van der Waals surface area contributed by atoms with Crippen LogP contribution in [0.4, 0.5) is 28.9 Å². The summed E-state index contributed by atoms with van der Waals surface area (Å²) in [6.45, 7) is 0. The van der Waals surface area contributed by atoms with E-state index < -0.39 is 28.8 Å². The van der Waals surface area contributed by atoms with Crippen molar-refractivity contribution >= 4 is 35.0 Å². The van der Waals surface area contributed by atoms with E-state index in [-0.39, 0.29) is 11.7 Å². The zero-order chi connectivity index (χ0) is 22.9. The number of halogens is 4. The Kier molecular flexibility index (Phi) is 5.92. The molecule has 4 rings (SSSR count). The Morgan fingerprint density at radius 1 is 0.938 bits per heavy atom. The van der Waals surface area contributed by atoms with Gasteiger partial charge in [-0.05, 0) is 66.2 Å². The van der Waals surface area contributed by atoms with Crippen molar-refractivity contribution in [3.63, 3.8) is 0 Å². The molecule has 0 radical (unpaired) electrons. The zero-order valence-electron chi connectivity index (χ0n) is 16.4. The molecule has 1 heterocycles. The van der Waals surface area contributed by atoms with E-state index in [1.807, 2.05) is 0 Å². The van der Waals surface area contributed by atoms with Crippen LogP contribution in [0.3, 0.4) is 0 Å². The van der Waals surface area contributed by atoms with Gasteiger partial charge >= 0.3 is 6.18 Å². The number of nitrogens with one attached hydrogen (secondary N) is 1. The Labute approximate surface area is 185 Å². The fourth-order valence-electron chi connectivity index (χ4n) is 3.30. The Hall–Kier alpha value is -3.33. The molecule has 9 heteroatoms. The van der Waals surface area contributed by atoms with Gasteiger partial charge in [0.25, 0.3) is 5.91 Å². The van der Waals surface area contributed by atoms with E-state index >= 15 is 0 Å². The Morgan fingerprint density at radius 3 is 2.16 bits per heavy atom. The lowest BCUT2D eigenvalue weighted by Gasteiger charge is -2.25. The molecule has 3 aromatic rings. The van der Waals surface area contributed by atoms with Crippen molar-refractivity contribution in [1.82, 2.24) is 0 Å². The third kappa shape index (κ3) is 4.62. The molecule has 0 spiro atoms. The minimum absolute atomic E-state index is 0.201. The van der Waals surface area contributed by atoms with Crippen LogP contribution in [0.15, 0.2) is 72.8 Å². The summed E-state index contributed by atoms with van der Waals surface area (Å²) in [6.07, 6.45) is -4.45. The van der Waals surface area contributed by atoms with Gasteiger partial charge in [-0.15, -0.1) is 11.8 Å². The minimum atomic E-state index is -4.45. The molecule has 1 saturated heterocycles. The van der Waals surface area contributed by atoms with Crippen molar-refractivity contribution in [2.75, 3.05) is 16.0 Å². The maximum absolute atomic E-state index is 13.0. The lowest BCUT2D eigenvalue weighted by molar-refractivity contribution is -0.137. The zero-order valence-corrected chi connectivity index (χ0v) is 17.2. The maximum Gasteiger partial charge on any atom is 0.416 e. The first-order valence-electron chi connectivity index (χ1n) is 9.50. The number of nitrogens with zero attached hydrogens (tertiary/aromatic N) is 1. The predicted octanol–water partition coefficient (Wildman–Crippen LogP) is 5.88. The summed E-state index contributed by atoms with van der Waals surface area (Å²) >= 11 is 1.37. The van der Waals surface area contributed by atoms with E-state index in [1.54, 1.807) is 24.3 Å². The largest absolute Gasteiger partial charge is 0.416 e. The van der Waals surface area contributed by atoms with E-state index in [4.69, 9.17) is 0 Å². The van der Waals surface area contributed by atoms with Gasteiger partial charge in [-0.25, -0.2) is 4.39 Å². The number of alkyl halides is 3. The smallest absolute Gasteiger partial charge is 0.322 e. The standard InChI is InChI=1S/C23H16F4N2O2S/c24-17-7-1-14(2-8-17)21(31)28-18-9-3-15(4-10-18)22-29(20(30)13-32-22)19-11-5-16(6-12-19)23(25,26)27/h1-12,22H,13H2,(H,28,31)/t22-/m1/s1. The fourth-order valence-corrected chi connectivity index (χ4v) is 4.47. The molecule has 4 nitrogen and oxygen atoms in total. The van der Waals surface area contributed by atoms with E-state index in [0.29, 0.717) is 16.9 Å². The highest BCUT2D eigenvalue weighted by atomic mass is 32.2. The lowest BCUT2D eigenvalue weighted by atomic mass is 10.1. The second-order valence-electron chi connectivity index (χ2n) is 7.05. The SMILES string of the molecule is O=C(Nc1ccc([C@H]2SCC(=O)N2c2ccc(C(F)(F)F)cc2)cc1)c1ccc(F)cc1. The number of hydrogen-bond donors (Lipinski definition) is 1. The summed E-state index contributed by atoms with van der Waals surface area (Å²) in [6, 6.07) is 16.5. The molecule has 3 aromatic carbocycles. The van der Waals surface area contributed by atoms with Crippen LogP contribution in [0.25, 0.3) is 0 Å². The molecular formula is C23H16F4N2O2S. The lowest BCUT2D eigenvalue weighted by Crippen LogP contribution is -2.27. The average molecular weight is 460 g/mol. The van der Waals surface area contributed by atoms with Gasteiger partial charge in [0.05, 0.1) is 11.3 Å². The quantitative estimate of drug-likeness (QED) is 0.495. The molecule has 32 heavy (non-hydrogen) atoms. The van der Waals surface area contributed by atoms with Gasteiger partial charge in [0, 0.05) is 16.9 Å². The van der Waals surface area contributed by atoms with Crippen molar-refractivity contribution in [1.29, 1.82) is 0 Å². The van der Waals surface area contributed by atoms with Crippen LogP contribution in [0.1, 0.15) is 26.9 Å². The summed E-state index contributed by atoms with van der Waals surface area (Å²) in [5.41, 5.74) is 1.19. The van der Waals surface area contributed by atoms with Gasteiger partial charge in [-0.3, -0.25) is 14.5 Å². The number of carbonyl (C=O) groups is 2. The first kappa shape index (κ1) is 21.9.